The van der Waals surface area contributed by atoms with Gasteiger partial charge in [0.15, 0.2) is 0 Å². The van der Waals surface area contributed by atoms with Gasteiger partial charge in [0.2, 0.25) is 11.8 Å². The number of phenols is 1. The lowest BCUT2D eigenvalue weighted by atomic mass is 9.60. The van der Waals surface area contributed by atoms with Crippen molar-refractivity contribution in [3.63, 3.8) is 0 Å². The van der Waals surface area contributed by atoms with Gasteiger partial charge in [-0.15, -0.1) is 11.3 Å². The number of rotatable bonds is 4. The topological polar surface area (TPSA) is 75.4 Å². The number of para-hydroxylation sites is 1. The Labute approximate surface area is 229 Å². The summed E-state index contributed by atoms with van der Waals surface area (Å²) in [5.41, 5.74) is 2.09. The van der Waals surface area contributed by atoms with E-state index in [0.717, 1.165) is 26.1 Å². The molecule has 8 heteroatoms. The number of anilines is 1. The Morgan fingerprint density at radius 3 is 2.71 bits per heavy atom. The molecule has 4 aromatic rings. The molecule has 0 unspecified atom stereocenters. The number of aryl methyl sites for hydroxylation is 2. The van der Waals surface area contributed by atoms with Crippen LogP contribution in [0.15, 0.2) is 72.8 Å². The molecule has 38 heavy (non-hydrogen) atoms. The molecule has 192 valence electrons. The Morgan fingerprint density at radius 1 is 1.21 bits per heavy atom. The number of aromatic nitrogens is 2. The average molecular weight is 544 g/mol. The highest BCUT2D eigenvalue weighted by Gasteiger charge is 2.62. The molecule has 2 aromatic carbocycles. The lowest BCUT2D eigenvalue weighted by Crippen LogP contribution is -2.42. The van der Waals surface area contributed by atoms with Gasteiger partial charge in [0, 0.05) is 34.3 Å². The summed E-state index contributed by atoms with van der Waals surface area (Å²) in [6.07, 6.45) is 4.10. The molecule has 6 nitrogen and oxygen atoms in total. The normalized spacial score (nSPS) is 23.2. The lowest BCUT2D eigenvalue weighted by Gasteiger charge is -2.40. The zero-order valence-corrected chi connectivity index (χ0v) is 22.8. The van der Waals surface area contributed by atoms with Crippen LogP contribution in [0.5, 0.6) is 5.75 Å². The number of amides is 2. The van der Waals surface area contributed by atoms with Gasteiger partial charge in [-0.2, -0.15) is 5.10 Å². The Kier molecular flexibility index (Phi) is 5.63. The van der Waals surface area contributed by atoms with Crippen LogP contribution in [0.4, 0.5) is 5.82 Å². The van der Waals surface area contributed by atoms with Crippen LogP contribution >= 0.6 is 22.9 Å². The van der Waals surface area contributed by atoms with Crippen molar-refractivity contribution in [1.82, 2.24) is 9.78 Å². The fraction of sp³-hybridized carbons (Fsp3) is 0.233. The second-order valence-corrected chi connectivity index (χ2v) is 11.6. The molecule has 3 heterocycles. The fourth-order valence-electron chi connectivity index (χ4n) is 6.16. The van der Waals surface area contributed by atoms with Crippen molar-refractivity contribution in [2.75, 3.05) is 4.90 Å². The van der Waals surface area contributed by atoms with Crippen molar-refractivity contribution in [2.45, 2.75) is 26.2 Å². The average Bonchev–Trinajstić information content (AvgIpc) is 3.49. The standard InChI is InChI=1S/C30H26ClN3O3S/c1-5-17-10-12-21-28(36)34(29(37)30(21,3)26(17)19-8-6-7-9-23(19)35)25-15-22(32-33(25)4)27-16(2)20-14-18(31)11-13-24(20)38-27/h5-11,13-15,21,26,35H,1,12H2,2-4H3/t21-,26+,30+/m0/s1. The Morgan fingerprint density at radius 2 is 1.97 bits per heavy atom. The number of thiophene rings is 1. The van der Waals surface area contributed by atoms with Crippen LogP contribution in [0.3, 0.4) is 0 Å². The first-order valence-corrected chi connectivity index (χ1v) is 13.6. The molecule has 6 rings (SSSR count). The molecule has 0 bridgehead atoms. The summed E-state index contributed by atoms with van der Waals surface area (Å²) in [7, 11) is 1.75. The molecule has 2 amide bonds. The Bertz CT molecular complexity index is 1700. The third-order valence-electron chi connectivity index (χ3n) is 8.13. The summed E-state index contributed by atoms with van der Waals surface area (Å²) in [6, 6.07) is 14.6. The number of halogens is 1. The summed E-state index contributed by atoms with van der Waals surface area (Å²) < 4.78 is 2.69. The number of nitrogens with zero attached hydrogens (tertiary/aromatic N) is 3. The predicted molar refractivity (Wildman–Crippen MR) is 152 cm³/mol. The van der Waals surface area contributed by atoms with E-state index in [9.17, 15) is 14.7 Å². The zero-order valence-electron chi connectivity index (χ0n) is 21.2. The largest absolute Gasteiger partial charge is 0.508 e. The van der Waals surface area contributed by atoms with E-state index in [2.05, 4.69) is 6.58 Å². The van der Waals surface area contributed by atoms with Crippen molar-refractivity contribution in [3.8, 4) is 16.3 Å². The van der Waals surface area contributed by atoms with E-state index in [1.807, 2.05) is 56.3 Å². The summed E-state index contributed by atoms with van der Waals surface area (Å²) in [4.78, 5) is 30.4. The molecular weight excluding hydrogens is 518 g/mol. The summed E-state index contributed by atoms with van der Waals surface area (Å²) in [6.45, 7) is 7.82. The maximum absolute atomic E-state index is 14.3. The molecule has 0 saturated carbocycles. The highest BCUT2D eigenvalue weighted by Crippen LogP contribution is 2.58. The zero-order chi connectivity index (χ0) is 26.9. The number of carbonyl (C=O) groups is 2. The number of aromatic hydroxyl groups is 1. The number of benzene rings is 2. The van der Waals surface area contributed by atoms with Gasteiger partial charge in [-0.1, -0.05) is 48.5 Å². The smallest absolute Gasteiger partial charge is 0.242 e. The van der Waals surface area contributed by atoms with E-state index in [0.29, 0.717) is 28.5 Å². The first-order valence-electron chi connectivity index (χ1n) is 12.4. The molecule has 1 saturated heterocycles. The SMILES string of the molecule is C=CC1=CC[C@H]2C(=O)N(c3cc(-c4sc5ccc(Cl)cc5c4C)nn3C)C(=O)[C@@]2(C)[C@H]1c1ccccc1O. The number of carbonyl (C=O) groups excluding carboxylic acids is 2. The van der Waals surface area contributed by atoms with Gasteiger partial charge in [0.25, 0.3) is 0 Å². The highest BCUT2D eigenvalue weighted by atomic mass is 35.5. The van der Waals surface area contributed by atoms with Crippen molar-refractivity contribution in [1.29, 1.82) is 0 Å². The van der Waals surface area contributed by atoms with Crippen LogP contribution in [0.2, 0.25) is 5.02 Å². The monoisotopic (exact) mass is 543 g/mol. The molecular formula is C30H26ClN3O3S. The number of hydrogen-bond donors (Lipinski definition) is 1. The molecule has 1 N–H and O–H groups in total. The third kappa shape index (κ3) is 3.35. The minimum absolute atomic E-state index is 0.0917. The van der Waals surface area contributed by atoms with Gasteiger partial charge < -0.3 is 5.11 Å². The lowest BCUT2D eigenvalue weighted by molar-refractivity contribution is -0.127. The first-order chi connectivity index (χ1) is 18.2. The fourth-order valence-corrected chi connectivity index (χ4v) is 7.48. The Hall–Kier alpha value is -3.68. The van der Waals surface area contributed by atoms with E-state index >= 15 is 0 Å². The van der Waals surface area contributed by atoms with E-state index in [1.54, 1.807) is 41.3 Å². The molecule has 2 aromatic heterocycles. The number of phenolic OH excluding ortho intramolecular Hbond substituents is 1. The summed E-state index contributed by atoms with van der Waals surface area (Å²) in [5.74, 6) is -1.13. The van der Waals surface area contributed by atoms with Crippen molar-refractivity contribution in [3.05, 3.63) is 89.0 Å². The minimum Gasteiger partial charge on any atom is -0.508 e. The number of allylic oxidation sites excluding steroid dienone is 3. The quantitative estimate of drug-likeness (QED) is 0.288. The van der Waals surface area contributed by atoms with E-state index in [1.165, 1.54) is 4.90 Å². The maximum atomic E-state index is 14.3. The predicted octanol–water partition coefficient (Wildman–Crippen LogP) is 6.76. The molecule has 1 aliphatic carbocycles. The summed E-state index contributed by atoms with van der Waals surface area (Å²) >= 11 is 7.83. The van der Waals surface area contributed by atoms with E-state index in [-0.39, 0.29) is 17.6 Å². The molecule has 3 atom stereocenters. The van der Waals surface area contributed by atoms with Crippen molar-refractivity contribution >= 4 is 50.7 Å². The van der Waals surface area contributed by atoms with E-state index < -0.39 is 17.3 Å². The highest BCUT2D eigenvalue weighted by molar-refractivity contribution is 7.22. The van der Waals surface area contributed by atoms with Crippen LogP contribution < -0.4 is 4.90 Å². The molecule has 1 fully saturated rings. The van der Waals surface area contributed by atoms with E-state index in [4.69, 9.17) is 16.7 Å². The van der Waals surface area contributed by atoms with Gasteiger partial charge in [-0.05, 0) is 61.1 Å². The van der Waals surface area contributed by atoms with Crippen LogP contribution in [-0.2, 0) is 16.6 Å². The number of fused-ring (bicyclic) bond motifs is 2. The third-order valence-corrected chi connectivity index (χ3v) is 9.66. The molecule has 0 spiro atoms. The van der Waals surface area contributed by atoms with Crippen LogP contribution in [0.25, 0.3) is 20.7 Å². The van der Waals surface area contributed by atoms with Gasteiger partial charge in [0.1, 0.15) is 17.3 Å². The molecule has 1 aliphatic heterocycles. The van der Waals surface area contributed by atoms with Gasteiger partial charge in [0.05, 0.1) is 16.2 Å². The van der Waals surface area contributed by atoms with Crippen LogP contribution in [0.1, 0.15) is 30.4 Å². The van der Waals surface area contributed by atoms with Crippen molar-refractivity contribution < 1.29 is 14.7 Å². The van der Waals surface area contributed by atoms with Gasteiger partial charge in [-0.25, -0.2) is 4.90 Å². The minimum atomic E-state index is -1.09. The summed E-state index contributed by atoms with van der Waals surface area (Å²) in [5, 5.41) is 17.2. The molecule has 2 aliphatic rings. The van der Waals surface area contributed by atoms with Crippen molar-refractivity contribution in [2.24, 2.45) is 18.4 Å². The van der Waals surface area contributed by atoms with Gasteiger partial charge in [-0.3, -0.25) is 14.3 Å². The van der Waals surface area contributed by atoms with Gasteiger partial charge >= 0.3 is 0 Å². The van der Waals surface area contributed by atoms with Crippen LogP contribution in [0, 0.1) is 18.3 Å². The van der Waals surface area contributed by atoms with Crippen LogP contribution in [-0.4, -0.2) is 26.7 Å². The first kappa shape index (κ1) is 24.6. The molecule has 0 radical (unpaired) electrons. The number of hydrogen-bond acceptors (Lipinski definition) is 5. The number of imide groups is 1. The second-order valence-electron chi connectivity index (χ2n) is 10.2. The maximum Gasteiger partial charge on any atom is 0.242 e. The Balaban J connectivity index is 1.46. The second kappa shape index (κ2) is 8.68.